The molecule has 0 saturated heterocycles. The molecule has 1 aromatic carbocycles. The van der Waals surface area contributed by atoms with E-state index in [1.807, 2.05) is 6.07 Å². The number of sulfonamides is 1. The molecule has 0 aliphatic heterocycles. The Bertz CT molecular complexity index is 1030. The summed E-state index contributed by atoms with van der Waals surface area (Å²) < 4.78 is 52.7. The van der Waals surface area contributed by atoms with Crippen LogP contribution in [0.1, 0.15) is 5.56 Å². The molecule has 3 N–H and O–H groups in total. The van der Waals surface area contributed by atoms with Gasteiger partial charge in [-0.1, -0.05) is 0 Å². The molecule has 0 atom stereocenters. The Kier molecular flexibility index (Phi) is 6.62. The van der Waals surface area contributed by atoms with E-state index in [0.717, 1.165) is 17.8 Å². The third kappa shape index (κ3) is 6.73. The minimum absolute atomic E-state index is 0.0329. The van der Waals surface area contributed by atoms with Gasteiger partial charge in [0.2, 0.25) is 10.0 Å². The van der Waals surface area contributed by atoms with Crippen molar-refractivity contribution in [2.45, 2.75) is 5.75 Å². The maximum atomic E-state index is 13.2. The standard InChI is InChI=1S/C18H18F2N6O2S/c19-14-8-13(9-15(20)10-14)12-29(27,28)23-7-6-22-17-3-4-18(26-25-17)24-16-2-1-5-21-11-16/h1-5,8-11,23H,6-7,12H2,(H,22,25)(H,24,26). The second-order valence-corrected chi connectivity index (χ2v) is 7.84. The number of rotatable bonds is 9. The zero-order valence-electron chi connectivity index (χ0n) is 15.1. The molecule has 0 aliphatic rings. The van der Waals surface area contributed by atoms with Gasteiger partial charge in [-0.05, 0) is 42.0 Å². The molecule has 0 saturated carbocycles. The molecule has 152 valence electrons. The zero-order chi connectivity index (χ0) is 20.7. The Hall–Kier alpha value is -3.18. The number of pyridine rings is 1. The fraction of sp³-hybridized carbons (Fsp3) is 0.167. The van der Waals surface area contributed by atoms with Crippen LogP contribution in [0.4, 0.5) is 26.1 Å². The number of halogens is 2. The fourth-order valence-corrected chi connectivity index (χ4v) is 3.56. The van der Waals surface area contributed by atoms with Gasteiger partial charge in [-0.25, -0.2) is 21.9 Å². The van der Waals surface area contributed by atoms with Crippen molar-refractivity contribution in [3.05, 3.63) is 72.1 Å². The van der Waals surface area contributed by atoms with Crippen molar-refractivity contribution in [2.24, 2.45) is 0 Å². The Morgan fingerprint density at radius 2 is 1.66 bits per heavy atom. The van der Waals surface area contributed by atoms with Gasteiger partial charge in [0.1, 0.15) is 17.5 Å². The van der Waals surface area contributed by atoms with Crippen LogP contribution in [0.25, 0.3) is 0 Å². The molecular formula is C18H18F2N6O2S. The molecule has 0 spiro atoms. The number of nitrogens with zero attached hydrogens (tertiary/aromatic N) is 3. The molecule has 0 bridgehead atoms. The first-order chi connectivity index (χ1) is 13.9. The number of nitrogens with one attached hydrogen (secondary N) is 3. The smallest absolute Gasteiger partial charge is 0.215 e. The van der Waals surface area contributed by atoms with E-state index in [9.17, 15) is 17.2 Å². The highest BCUT2D eigenvalue weighted by Gasteiger charge is 2.12. The molecule has 3 aromatic rings. The van der Waals surface area contributed by atoms with Crippen LogP contribution < -0.4 is 15.4 Å². The molecule has 11 heteroatoms. The summed E-state index contributed by atoms with van der Waals surface area (Å²) in [7, 11) is -3.74. The lowest BCUT2D eigenvalue weighted by molar-refractivity contribution is 0.575. The average molecular weight is 420 g/mol. The predicted octanol–water partition coefficient (Wildman–Crippen LogP) is 2.42. The minimum atomic E-state index is -3.74. The van der Waals surface area contributed by atoms with E-state index in [-0.39, 0.29) is 18.7 Å². The van der Waals surface area contributed by atoms with Crippen molar-refractivity contribution >= 4 is 27.3 Å². The van der Waals surface area contributed by atoms with Crippen LogP contribution in [0, 0.1) is 11.6 Å². The maximum Gasteiger partial charge on any atom is 0.215 e. The van der Waals surface area contributed by atoms with Crippen LogP contribution in [-0.4, -0.2) is 36.7 Å². The molecule has 0 aliphatic carbocycles. The van der Waals surface area contributed by atoms with Crippen LogP contribution in [0.2, 0.25) is 0 Å². The molecule has 0 amide bonds. The van der Waals surface area contributed by atoms with Gasteiger partial charge in [-0.2, -0.15) is 0 Å². The van der Waals surface area contributed by atoms with Gasteiger partial charge in [0, 0.05) is 25.4 Å². The minimum Gasteiger partial charge on any atom is -0.367 e. The van der Waals surface area contributed by atoms with E-state index >= 15 is 0 Å². The van der Waals surface area contributed by atoms with Gasteiger partial charge in [0.25, 0.3) is 0 Å². The quantitative estimate of drug-likeness (QED) is 0.456. The predicted molar refractivity (Wildman–Crippen MR) is 105 cm³/mol. The molecular weight excluding hydrogens is 402 g/mol. The summed E-state index contributed by atoms with van der Waals surface area (Å²) in [5, 5.41) is 14.0. The van der Waals surface area contributed by atoms with E-state index in [0.29, 0.717) is 17.7 Å². The van der Waals surface area contributed by atoms with Crippen LogP contribution >= 0.6 is 0 Å². The van der Waals surface area contributed by atoms with Crippen LogP contribution in [-0.2, 0) is 15.8 Å². The number of hydrogen-bond acceptors (Lipinski definition) is 7. The van der Waals surface area contributed by atoms with Crippen molar-refractivity contribution in [1.82, 2.24) is 19.9 Å². The molecule has 0 fully saturated rings. The normalized spacial score (nSPS) is 11.2. The van der Waals surface area contributed by atoms with Crippen molar-refractivity contribution in [1.29, 1.82) is 0 Å². The van der Waals surface area contributed by atoms with Gasteiger partial charge in [-0.3, -0.25) is 4.98 Å². The van der Waals surface area contributed by atoms with Crippen LogP contribution in [0.3, 0.4) is 0 Å². The third-order valence-electron chi connectivity index (χ3n) is 3.63. The van der Waals surface area contributed by atoms with Crippen molar-refractivity contribution in [2.75, 3.05) is 23.7 Å². The highest BCUT2D eigenvalue weighted by atomic mass is 32.2. The monoisotopic (exact) mass is 420 g/mol. The Balaban J connectivity index is 1.44. The van der Waals surface area contributed by atoms with E-state index in [1.54, 1.807) is 30.6 Å². The molecule has 0 unspecified atom stereocenters. The van der Waals surface area contributed by atoms with Gasteiger partial charge >= 0.3 is 0 Å². The van der Waals surface area contributed by atoms with Gasteiger partial charge < -0.3 is 10.6 Å². The van der Waals surface area contributed by atoms with Crippen LogP contribution in [0.15, 0.2) is 54.9 Å². The van der Waals surface area contributed by atoms with Crippen molar-refractivity contribution < 1.29 is 17.2 Å². The highest BCUT2D eigenvalue weighted by molar-refractivity contribution is 7.88. The molecule has 0 radical (unpaired) electrons. The average Bonchev–Trinajstić information content (AvgIpc) is 2.66. The largest absolute Gasteiger partial charge is 0.367 e. The second-order valence-electron chi connectivity index (χ2n) is 6.03. The van der Waals surface area contributed by atoms with E-state index in [1.165, 1.54) is 0 Å². The van der Waals surface area contributed by atoms with Gasteiger partial charge in [0.05, 0.1) is 17.6 Å². The van der Waals surface area contributed by atoms with Crippen LogP contribution in [0.5, 0.6) is 0 Å². The lowest BCUT2D eigenvalue weighted by Gasteiger charge is -2.09. The molecule has 8 nitrogen and oxygen atoms in total. The number of benzene rings is 1. The van der Waals surface area contributed by atoms with Crippen molar-refractivity contribution in [3.63, 3.8) is 0 Å². The zero-order valence-corrected chi connectivity index (χ0v) is 16.0. The second kappa shape index (κ2) is 9.34. The third-order valence-corrected chi connectivity index (χ3v) is 4.99. The molecule has 2 heterocycles. The summed E-state index contributed by atoms with van der Waals surface area (Å²) in [6.45, 7) is 0.318. The first-order valence-electron chi connectivity index (χ1n) is 8.57. The number of anilines is 3. The highest BCUT2D eigenvalue weighted by Crippen LogP contribution is 2.13. The molecule has 3 rings (SSSR count). The van der Waals surface area contributed by atoms with E-state index < -0.39 is 27.4 Å². The topological polar surface area (TPSA) is 109 Å². The summed E-state index contributed by atoms with van der Waals surface area (Å²) >= 11 is 0. The number of hydrogen-bond donors (Lipinski definition) is 3. The lowest BCUT2D eigenvalue weighted by atomic mass is 10.2. The van der Waals surface area contributed by atoms with E-state index in [4.69, 9.17) is 0 Å². The van der Waals surface area contributed by atoms with E-state index in [2.05, 4.69) is 30.5 Å². The van der Waals surface area contributed by atoms with Gasteiger partial charge in [0.15, 0.2) is 5.82 Å². The lowest BCUT2D eigenvalue weighted by Crippen LogP contribution is -2.30. The summed E-state index contributed by atoms with van der Waals surface area (Å²) in [5.41, 5.74) is 0.806. The Labute approximate surface area is 166 Å². The summed E-state index contributed by atoms with van der Waals surface area (Å²) in [5.74, 6) is -1.16. The first kappa shape index (κ1) is 20.6. The fourth-order valence-electron chi connectivity index (χ4n) is 2.44. The maximum absolute atomic E-state index is 13.2. The summed E-state index contributed by atoms with van der Waals surface area (Å²) in [4.78, 5) is 3.99. The SMILES string of the molecule is O=S(=O)(Cc1cc(F)cc(F)c1)NCCNc1ccc(Nc2cccnc2)nn1. The Morgan fingerprint density at radius 3 is 2.31 bits per heavy atom. The Morgan fingerprint density at radius 1 is 0.931 bits per heavy atom. The number of aromatic nitrogens is 3. The van der Waals surface area contributed by atoms with Gasteiger partial charge in [-0.15, -0.1) is 10.2 Å². The summed E-state index contributed by atoms with van der Waals surface area (Å²) in [6.07, 6.45) is 3.31. The molecule has 2 aromatic heterocycles. The summed E-state index contributed by atoms with van der Waals surface area (Å²) in [6, 6.07) is 9.68. The van der Waals surface area contributed by atoms with Crippen molar-refractivity contribution in [3.8, 4) is 0 Å². The first-order valence-corrected chi connectivity index (χ1v) is 10.2. The molecule has 29 heavy (non-hydrogen) atoms.